The number of carbonyl (C=O) groups is 1. The second kappa shape index (κ2) is 7.50. The van der Waals surface area contributed by atoms with Crippen molar-refractivity contribution in [1.82, 2.24) is 10.3 Å². The predicted molar refractivity (Wildman–Crippen MR) is 129 cm³/mol. The fraction of sp³-hybridized carbons (Fsp3) is 0.200. The molecule has 5 nitrogen and oxygen atoms in total. The second-order valence-electron chi connectivity index (χ2n) is 8.08. The highest BCUT2D eigenvalue weighted by atomic mass is 35.5. The third kappa shape index (κ3) is 3.05. The maximum absolute atomic E-state index is 13.1. The lowest BCUT2D eigenvalue weighted by atomic mass is 9.95. The first-order valence-corrected chi connectivity index (χ1v) is 11.8. The van der Waals surface area contributed by atoms with Crippen LogP contribution in [-0.4, -0.2) is 18.0 Å². The molecule has 7 heteroatoms. The van der Waals surface area contributed by atoms with Gasteiger partial charge in [-0.25, -0.2) is 4.98 Å². The van der Waals surface area contributed by atoms with Gasteiger partial charge in [-0.2, -0.15) is 0 Å². The summed E-state index contributed by atoms with van der Waals surface area (Å²) in [6, 6.07) is 15.7. The fourth-order valence-electron chi connectivity index (χ4n) is 4.70. The Kier molecular flexibility index (Phi) is 4.59. The summed E-state index contributed by atoms with van der Waals surface area (Å²) < 4.78 is 5.36. The first kappa shape index (κ1) is 19.6. The molecule has 2 aromatic heterocycles. The Labute approximate surface area is 194 Å². The molecule has 32 heavy (non-hydrogen) atoms. The summed E-state index contributed by atoms with van der Waals surface area (Å²) in [5, 5.41) is 8.35. The number of thiophene rings is 1. The Morgan fingerprint density at radius 2 is 1.84 bits per heavy atom. The van der Waals surface area contributed by atoms with E-state index in [4.69, 9.17) is 21.3 Å². The molecule has 4 aromatic rings. The number of nitrogens with zero attached hydrogens (tertiary/aromatic N) is 1. The summed E-state index contributed by atoms with van der Waals surface area (Å²) in [6.07, 6.45) is 2.75. The summed E-state index contributed by atoms with van der Waals surface area (Å²) in [5.74, 6) is 0.742. The number of carbonyl (C=O) groups excluding carboxylic acids is 1. The van der Waals surface area contributed by atoms with Crippen LogP contribution in [0.25, 0.3) is 21.3 Å². The molecule has 0 saturated carbocycles. The molecule has 1 amide bonds. The van der Waals surface area contributed by atoms with Crippen LogP contribution in [0.2, 0.25) is 5.02 Å². The molecular formula is C25H20ClN3O2S. The Morgan fingerprint density at radius 3 is 2.59 bits per heavy atom. The summed E-state index contributed by atoms with van der Waals surface area (Å²) in [5.41, 5.74) is 6.55. The number of amides is 1. The minimum absolute atomic E-state index is 0.0810. The van der Waals surface area contributed by atoms with Gasteiger partial charge >= 0.3 is 0 Å². The molecule has 3 heterocycles. The predicted octanol–water partition coefficient (Wildman–Crippen LogP) is 5.97. The van der Waals surface area contributed by atoms with Crippen molar-refractivity contribution in [3.63, 3.8) is 0 Å². The second-order valence-corrected chi connectivity index (χ2v) is 9.52. The van der Waals surface area contributed by atoms with Crippen LogP contribution in [0.4, 0.5) is 5.69 Å². The Bertz CT molecular complexity index is 1360. The number of pyridine rings is 1. The van der Waals surface area contributed by atoms with Crippen LogP contribution < -0.4 is 15.4 Å². The molecule has 0 fully saturated rings. The number of benzene rings is 2. The van der Waals surface area contributed by atoms with Crippen LogP contribution >= 0.6 is 22.9 Å². The molecule has 2 aliphatic rings. The van der Waals surface area contributed by atoms with E-state index >= 15 is 0 Å². The van der Waals surface area contributed by atoms with Gasteiger partial charge in [0.05, 0.1) is 12.8 Å². The normalized spacial score (nSPS) is 16.9. The average molecular weight is 462 g/mol. The van der Waals surface area contributed by atoms with Crippen molar-refractivity contribution in [1.29, 1.82) is 0 Å². The van der Waals surface area contributed by atoms with Gasteiger partial charge in [-0.1, -0.05) is 35.9 Å². The van der Waals surface area contributed by atoms with E-state index in [0.717, 1.165) is 57.7 Å². The van der Waals surface area contributed by atoms with Crippen molar-refractivity contribution in [3.05, 3.63) is 75.3 Å². The molecule has 0 radical (unpaired) electrons. The molecule has 2 aromatic carbocycles. The van der Waals surface area contributed by atoms with Crippen molar-refractivity contribution in [2.45, 2.75) is 25.4 Å². The van der Waals surface area contributed by atoms with Crippen LogP contribution in [0.15, 0.2) is 48.5 Å². The largest absolute Gasteiger partial charge is 0.497 e. The number of rotatable bonds is 3. The lowest BCUT2D eigenvalue weighted by Gasteiger charge is -2.27. The van der Waals surface area contributed by atoms with E-state index in [1.54, 1.807) is 7.11 Å². The first-order valence-electron chi connectivity index (χ1n) is 10.6. The highest BCUT2D eigenvalue weighted by molar-refractivity contribution is 7.21. The smallest absolute Gasteiger partial charge is 0.265 e. The zero-order valence-corrected chi connectivity index (χ0v) is 18.9. The van der Waals surface area contributed by atoms with Crippen molar-refractivity contribution in [2.75, 3.05) is 12.4 Å². The first-order chi connectivity index (χ1) is 15.6. The van der Waals surface area contributed by atoms with Gasteiger partial charge in [-0.15, -0.1) is 11.3 Å². The van der Waals surface area contributed by atoms with E-state index in [9.17, 15) is 4.79 Å². The van der Waals surface area contributed by atoms with Crippen molar-refractivity contribution in [2.24, 2.45) is 0 Å². The van der Waals surface area contributed by atoms with E-state index in [-0.39, 0.29) is 12.1 Å². The Morgan fingerprint density at radius 1 is 1.06 bits per heavy atom. The molecule has 160 valence electrons. The van der Waals surface area contributed by atoms with E-state index in [2.05, 4.69) is 22.8 Å². The quantitative estimate of drug-likeness (QED) is 0.394. The molecular weight excluding hydrogens is 442 g/mol. The number of hydrogen-bond acceptors (Lipinski definition) is 5. The number of halogens is 1. The number of ether oxygens (including phenoxy) is 1. The lowest BCUT2D eigenvalue weighted by molar-refractivity contribution is 0.0940. The third-order valence-corrected chi connectivity index (χ3v) is 7.55. The van der Waals surface area contributed by atoms with E-state index in [0.29, 0.717) is 9.90 Å². The summed E-state index contributed by atoms with van der Waals surface area (Å²) in [7, 11) is 1.67. The van der Waals surface area contributed by atoms with Crippen LogP contribution in [0.5, 0.6) is 5.75 Å². The van der Waals surface area contributed by atoms with Gasteiger partial charge in [0, 0.05) is 16.1 Å². The van der Waals surface area contributed by atoms with Crippen molar-refractivity contribution in [3.8, 4) is 16.9 Å². The monoisotopic (exact) mass is 461 g/mol. The number of hydrogen-bond donors (Lipinski definition) is 2. The van der Waals surface area contributed by atoms with Crippen LogP contribution in [0.3, 0.4) is 0 Å². The number of anilines is 1. The Hall–Kier alpha value is -3.09. The summed E-state index contributed by atoms with van der Waals surface area (Å²) >= 11 is 7.52. The number of nitrogens with one attached hydrogen (secondary N) is 2. The van der Waals surface area contributed by atoms with Gasteiger partial charge in [0.1, 0.15) is 21.6 Å². The number of aryl methyl sites for hydroxylation is 1. The highest BCUT2D eigenvalue weighted by Gasteiger charge is 2.32. The minimum Gasteiger partial charge on any atom is -0.497 e. The maximum atomic E-state index is 13.1. The molecule has 1 aliphatic carbocycles. The van der Waals surface area contributed by atoms with Crippen LogP contribution in [0, 0.1) is 0 Å². The number of methoxy groups -OCH3 is 1. The van der Waals surface area contributed by atoms with E-state index in [1.165, 1.54) is 22.5 Å². The van der Waals surface area contributed by atoms with Gasteiger partial charge in [-0.05, 0) is 65.8 Å². The maximum Gasteiger partial charge on any atom is 0.265 e. The molecule has 6 rings (SSSR count). The standard InChI is InChI=1S/C25H20ClN3O2S/c1-31-16-11-7-13(8-12-16)19-17-3-2-4-18(17)27-25-20(19)21-22(32-25)24(30)29-23(28-21)14-5-9-15(26)10-6-14/h5-12,23,28H,2-4H2,1H3,(H,29,30). The van der Waals surface area contributed by atoms with E-state index in [1.807, 2.05) is 36.4 Å². The number of fused-ring (bicyclic) bond motifs is 4. The van der Waals surface area contributed by atoms with Gasteiger partial charge in [-0.3, -0.25) is 4.79 Å². The zero-order valence-electron chi connectivity index (χ0n) is 17.4. The lowest BCUT2D eigenvalue weighted by Crippen LogP contribution is -2.37. The molecule has 1 atom stereocenters. The molecule has 1 aliphatic heterocycles. The van der Waals surface area contributed by atoms with Crippen LogP contribution in [-0.2, 0) is 12.8 Å². The van der Waals surface area contributed by atoms with Gasteiger partial charge in [0.2, 0.25) is 0 Å². The molecule has 1 unspecified atom stereocenters. The Balaban J connectivity index is 1.56. The summed E-state index contributed by atoms with van der Waals surface area (Å²) in [6.45, 7) is 0. The van der Waals surface area contributed by atoms with Gasteiger partial charge in [0.25, 0.3) is 5.91 Å². The van der Waals surface area contributed by atoms with E-state index < -0.39 is 0 Å². The van der Waals surface area contributed by atoms with Crippen LogP contribution in [0.1, 0.15) is 39.1 Å². The molecule has 0 bridgehead atoms. The third-order valence-electron chi connectivity index (χ3n) is 6.22. The van der Waals surface area contributed by atoms with Gasteiger partial charge < -0.3 is 15.4 Å². The van der Waals surface area contributed by atoms with Crippen molar-refractivity contribution >= 4 is 44.7 Å². The van der Waals surface area contributed by atoms with Crippen molar-refractivity contribution < 1.29 is 9.53 Å². The molecule has 2 N–H and O–H groups in total. The highest BCUT2D eigenvalue weighted by Crippen LogP contribution is 2.47. The minimum atomic E-state index is -0.331. The van der Waals surface area contributed by atoms with Gasteiger partial charge in [0.15, 0.2) is 0 Å². The zero-order chi connectivity index (χ0) is 21.8. The number of aromatic nitrogens is 1. The molecule has 0 spiro atoms. The molecule has 0 saturated heterocycles. The fourth-order valence-corrected chi connectivity index (χ4v) is 5.89. The SMILES string of the molecule is COc1ccc(-c2c3c(nc4sc5c(c24)NC(c2ccc(Cl)cc2)NC5=O)CCC3)cc1. The summed E-state index contributed by atoms with van der Waals surface area (Å²) in [4.78, 5) is 19.6. The average Bonchev–Trinajstić information content (AvgIpc) is 3.43. The topological polar surface area (TPSA) is 63.2 Å².